The zero-order valence-corrected chi connectivity index (χ0v) is 10.5. The quantitative estimate of drug-likeness (QED) is 0.520. The Balaban J connectivity index is 2.93. The third-order valence-corrected chi connectivity index (χ3v) is 3.10. The van der Waals surface area contributed by atoms with Gasteiger partial charge in [0.1, 0.15) is 0 Å². The van der Waals surface area contributed by atoms with E-state index < -0.39 is 0 Å². The molecule has 1 aromatic rings. The molecule has 0 nitrogen and oxygen atoms in total. The molecule has 0 bridgehead atoms. The predicted octanol–water partition coefficient (Wildman–Crippen LogP) is 4.78. The molecule has 0 radical (unpaired) electrons. The van der Waals surface area contributed by atoms with Gasteiger partial charge in [0.15, 0.2) is 0 Å². The van der Waals surface area contributed by atoms with Gasteiger partial charge in [-0.3, -0.25) is 0 Å². The van der Waals surface area contributed by atoms with Crippen LogP contribution >= 0.6 is 11.8 Å². The maximum atomic E-state index is 3.91. The van der Waals surface area contributed by atoms with Crippen molar-refractivity contribution in [3.05, 3.63) is 54.0 Å². The van der Waals surface area contributed by atoms with Gasteiger partial charge in [0.2, 0.25) is 0 Å². The lowest BCUT2D eigenvalue weighted by Gasteiger charge is -2.19. The summed E-state index contributed by atoms with van der Waals surface area (Å²) < 4.78 is 0. The van der Waals surface area contributed by atoms with Crippen LogP contribution in [0.2, 0.25) is 0 Å². The van der Waals surface area contributed by atoms with E-state index in [1.807, 2.05) is 0 Å². The van der Waals surface area contributed by atoms with E-state index in [0.717, 1.165) is 4.91 Å². The van der Waals surface area contributed by atoms with Crippen LogP contribution in [0.5, 0.6) is 0 Å². The van der Waals surface area contributed by atoms with E-state index in [0.29, 0.717) is 0 Å². The van der Waals surface area contributed by atoms with Gasteiger partial charge in [-0.05, 0) is 23.1 Å². The zero-order chi connectivity index (χ0) is 11.5. The van der Waals surface area contributed by atoms with Crippen molar-refractivity contribution in [3.8, 4) is 0 Å². The fourth-order valence-electron chi connectivity index (χ4n) is 1.22. The SMILES string of the molecule is C=CC(=C)Sc1cccc(C(C)(C)C)c1. The summed E-state index contributed by atoms with van der Waals surface area (Å²) in [6.07, 6.45) is 1.79. The highest BCUT2D eigenvalue weighted by Gasteiger charge is 2.13. The van der Waals surface area contributed by atoms with E-state index in [9.17, 15) is 0 Å². The molecule has 0 saturated carbocycles. The second-order valence-electron chi connectivity index (χ2n) is 4.55. The Labute approximate surface area is 97.1 Å². The predicted molar refractivity (Wildman–Crippen MR) is 70.3 cm³/mol. The molecule has 1 rings (SSSR count). The number of hydrogen-bond donors (Lipinski definition) is 0. The lowest BCUT2D eigenvalue weighted by Crippen LogP contribution is -2.10. The average Bonchev–Trinajstić information content (AvgIpc) is 2.17. The van der Waals surface area contributed by atoms with E-state index in [2.05, 4.69) is 58.2 Å². The molecular weight excluding hydrogens is 200 g/mol. The summed E-state index contributed by atoms with van der Waals surface area (Å²) in [7, 11) is 0. The molecule has 1 heteroatoms. The normalized spacial score (nSPS) is 11.1. The van der Waals surface area contributed by atoms with Crippen LogP contribution in [-0.4, -0.2) is 0 Å². The van der Waals surface area contributed by atoms with Gasteiger partial charge < -0.3 is 0 Å². The van der Waals surface area contributed by atoms with E-state index in [1.165, 1.54) is 10.5 Å². The van der Waals surface area contributed by atoms with Gasteiger partial charge in [0.25, 0.3) is 0 Å². The lowest BCUT2D eigenvalue weighted by molar-refractivity contribution is 0.588. The van der Waals surface area contributed by atoms with Crippen molar-refractivity contribution in [2.75, 3.05) is 0 Å². The maximum Gasteiger partial charge on any atom is 0.0125 e. The van der Waals surface area contributed by atoms with Crippen molar-refractivity contribution in [3.63, 3.8) is 0 Å². The van der Waals surface area contributed by atoms with Crippen LogP contribution in [0.1, 0.15) is 26.3 Å². The maximum absolute atomic E-state index is 3.91. The minimum Gasteiger partial charge on any atom is -0.0980 e. The fourth-order valence-corrected chi connectivity index (χ4v) is 1.94. The first-order valence-electron chi connectivity index (χ1n) is 5.03. The van der Waals surface area contributed by atoms with Crippen LogP contribution in [0.15, 0.2) is 53.3 Å². The van der Waals surface area contributed by atoms with Gasteiger partial charge in [-0.15, -0.1) is 0 Å². The van der Waals surface area contributed by atoms with Gasteiger partial charge in [-0.2, -0.15) is 0 Å². The summed E-state index contributed by atoms with van der Waals surface area (Å²) in [5.74, 6) is 0. The molecule has 0 amide bonds. The zero-order valence-electron chi connectivity index (χ0n) is 9.71. The number of rotatable bonds is 3. The molecule has 80 valence electrons. The second-order valence-corrected chi connectivity index (χ2v) is 5.75. The second kappa shape index (κ2) is 4.71. The number of thioether (sulfide) groups is 1. The van der Waals surface area contributed by atoms with Crippen molar-refractivity contribution in [2.45, 2.75) is 31.1 Å². The van der Waals surface area contributed by atoms with Crippen LogP contribution in [0, 0.1) is 0 Å². The summed E-state index contributed by atoms with van der Waals surface area (Å²) in [6.45, 7) is 14.3. The Morgan fingerprint density at radius 1 is 1.33 bits per heavy atom. The van der Waals surface area contributed by atoms with Crippen molar-refractivity contribution >= 4 is 11.8 Å². The minimum atomic E-state index is 0.200. The molecule has 0 atom stereocenters. The molecule has 0 aliphatic carbocycles. The summed E-state index contributed by atoms with van der Waals surface area (Å²) in [5.41, 5.74) is 1.55. The smallest absolute Gasteiger partial charge is 0.0125 e. The van der Waals surface area contributed by atoms with Crippen molar-refractivity contribution in [1.29, 1.82) is 0 Å². The van der Waals surface area contributed by atoms with Crippen molar-refractivity contribution < 1.29 is 0 Å². The van der Waals surface area contributed by atoms with Crippen LogP contribution in [0.4, 0.5) is 0 Å². The van der Waals surface area contributed by atoms with Gasteiger partial charge in [-0.25, -0.2) is 0 Å². The standard InChI is InChI=1S/C14H18S/c1-6-11(2)15-13-9-7-8-12(10-13)14(3,4)5/h6-10H,1-2H2,3-5H3. The summed E-state index contributed by atoms with van der Waals surface area (Å²) >= 11 is 1.66. The van der Waals surface area contributed by atoms with E-state index >= 15 is 0 Å². The van der Waals surface area contributed by atoms with E-state index in [-0.39, 0.29) is 5.41 Å². The first-order chi connectivity index (χ1) is 6.93. The van der Waals surface area contributed by atoms with Crippen molar-refractivity contribution in [2.24, 2.45) is 0 Å². The lowest BCUT2D eigenvalue weighted by atomic mass is 9.87. The number of hydrogen-bond acceptors (Lipinski definition) is 1. The van der Waals surface area contributed by atoms with Crippen LogP contribution in [0.3, 0.4) is 0 Å². The molecule has 0 fully saturated rings. The topological polar surface area (TPSA) is 0 Å². The largest absolute Gasteiger partial charge is 0.0980 e. The van der Waals surface area contributed by atoms with Crippen molar-refractivity contribution in [1.82, 2.24) is 0 Å². The summed E-state index contributed by atoms with van der Waals surface area (Å²) in [5, 5.41) is 0. The molecule has 0 spiro atoms. The van der Waals surface area contributed by atoms with Gasteiger partial charge in [-0.1, -0.05) is 63.9 Å². The highest BCUT2D eigenvalue weighted by molar-refractivity contribution is 8.03. The number of benzene rings is 1. The molecule has 0 unspecified atom stereocenters. The van der Waals surface area contributed by atoms with Gasteiger partial charge in [0.05, 0.1) is 0 Å². The molecule has 0 aromatic heterocycles. The third-order valence-electron chi connectivity index (χ3n) is 2.18. The fraction of sp³-hybridized carbons (Fsp3) is 0.286. The Bertz CT molecular complexity index is 369. The minimum absolute atomic E-state index is 0.200. The van der Waals surface area contributed by atoms with Crippen LogP contribution < -0.4 is 0 Å². The molecular formula is C14H18S. The first kappa shape index (κ1) is 12.1. The Kier molecular flexibility index (Phi) is 3.81. The summed E-state index contributed by atoms with van der Waals surface area (Å²) in [6, 6.07) is 8.59. The van der Waals surface area contributed by atoms with Gasteiger partial charge >= 0.3 is 0 Å². The molecule has 0 aliphatic rings. The molecule has 0 heterocycles. The number of allylic oxidation sites excluding steroid dienone is 1. The first-order valence-corrected chi connectivity index (χ1v) is 5.85. The van der Waals surface area contributed by atoms with E-state index in [4.69, 9.17) is 0 Å². The molecule has 15 heavy (non-hydrogen) atoms. The monoisotopic (exact) mass is 218 g/mol. The van der Waals surface area contributed by atoms with E-state index in [1.54, 1.807) is 17.8 Å². The average molecular weight is 218 g/mol. The third kappa shape index (κ3) is 3.60. The molecule has 0 saturated heterocycles. The highest BCUT2D eigenvalue weighted by Crippen LogP contribution is 2.30. The van der Waals surface area contributed by atoms with Gasteiger partial charge in [0, 0.05) is 9.80 Å². The highest BCUT2D eigenvalue weighted by atomic mass is 32.2. The Morgan fingerprint density at radius 3 is 2.53 bits per heavy atom. The Morgan fingerprint density at radius 2 is 2.00 bits per heavy atom. The van der Waals surface area contributed by atoms with Crippen LogP contribution in [-0.2, 0) is 5.41 Å². The molecule has 0 N–H and O–H groups in total. The molecule has 0 aliphatic heterocycles. The molecule has 1 aromatic carbocycles. The Hall–Kier alpha value is -0.950. The summed E-state index contributed by atoms with van der Waals surface area (Å²) in [4.78, 5) is 2.22. The van der Waals surface area contributed by atoms with Crippen LogP contribution in [0.25, 0.3) is 0 Å².